The van der Waals surface area contributed by atoms with Gasteiger partial charge in [-0.25, -0.2) is 0 Å². The molecule has 1 atom stereocenters. The van der Waals surface area contributed by atoms with Crippen molar-refractivity contribution >= 4 is 29.0 Å². The molecule has 0 aliphatic carbocycles. The molecule has 2 aromatic carbocycles. The van der Waals surface area contributed by atoms with Gasteiger partial charge in [-0.15, -0.1) is 0 Å². The molecular weight excluding hydrogens is 293 g/mol. The largest absolute Gasteiger partial charge is 0.294 e. The number of nitriles is 1. The number of carbonyl (C=O) groups excluding carboxylic acids is 1. The lowest BCUT2D eigenvalue weighted by atomic mass is 9.93. The lowest BCUT2D eigenvalue weighted by molar-refractivity contribution is 0.0979. The molecule has 0 aromatic heterocycles. The third kappa shape index (κ3) is 3.60. The van der Waals surface area contributed by atoms with Crippen LogP contribution in [0.15, 0.2) is 48.5 Å². The Kier molecular flexibility index (Phi) is 4.79. The molecule has 0 fully saturated rings. The number of benzene rings is 2. The Morgan fingerprint density at radius 2 is 1.50 bits per heavy atom. The lowest BCUT2D eigenvalue weighted by Crippen LogP contribution is -2.06. The van der Waals surface area contributed by atoms with Crippen LogP contribution in [0.1, 0.15) is 28.3 Å². The molecule has 0 bridgehead atoms. The predicted octanol–water partition coefficient (Wildman–Crippen LogP) is 4.87. The maximum Gasteiger partial charge on any atom is 0.164 e. The van der Waals surface area contributed by atoms with E-state index in [1.165, 1.54) is 0 Å². The first-order valence-corrected chi connectivity index (χ1v) is 6.79. The zero-order chi connectivity index (χ0) is 14.5. The van der Waals surface area contributed by atoms with Gasteiger partial charge in [0.05, 0.1) is 12.0 Å². The average molecular weight is 304 g/mol. The maximum atomic E-state index is 12.1. The van der Waals surface area contributed by atoms with Gasteiger partial charge in [-0.2, -0.15) is 5.26 Å². The summed E-state index contributed by atoms with van der Waals surface area (Å²) in [5.41, 5.74) is 1.35. The fraction of sp³-hybridized carbons (Fsp3) is 0.125. The minimum Gasteiger partial charge on any atom is -0.294 e. The minimum atomic E-state index is -0.476. The van der Waals surface area contributed by atoms with Gasteiger partial charge in [0.25, 0.3) is 0 Å². The zero-order valence-electron chi connectivity index (χ0n) is 10.5. The molecule has 0 aliphatic heterocycles. The van der Waals surface area contributed by atoms with E-state index in [-0.39, 0.29) is 12.2 Å². The number of rotatable bonds is 4. The molecule has 0 saturated heterocycles. The SMILES string of the molecule is N#C[C@@H](CC(=O)c1ccc(Cl)cc1)c1ccc(Cl)cc1. The molecule has 100 valence electrons. The van der Waals surface area contributed by atoms with Gasteiger partial charge < -0.3 is 0 Å². The number of Topliss-reactive ketones (excluding diaryl/α,β-unsaturated/α-hetero) is 1. The third-order valence-electron chi connectivity index (χ3n) is 2.98. The van der Waals surface area contributed by atoms with Gasteiger partial charge in [0, 0.05) is 22.0 Å². The van der Waals surface area contributed by atoms with Gasteiger partial charge in [0.15, 0.2) is 5.78 Å². The fourth-order valence-corrected chi connectivity index (χ4v) is 2.12. The van der Waals surface area contributed by atoms with Crippen LogP contribution < -0.4 is 0 Å². The summed E-state index contributed by atoms with van der Waals surface area (Å²) in [6, 6.07) is 15.8. The molecule has 0 spiro atoms. The highest BCUT2D eigenvalue weighted by molar-refractivity contribution is 6.30. The summed E-state index contributed by atoms with van der Waals surface area (Å²) in [6.45, 7) is 0. The van der Waals surface area contributed by atoms with Crippen molar-refractivity contribution in [3.05, 3.63) is 69.7 Å². The lowest BCUT2D eigenvalue weighted by Gasteiger charge is -2.09. The van der Waals surface area contributed by atoms with E-state index in [2.05, 4.69) is 6.07 Å². The topological polar surface area (TPSA) is 40.9 Å². The van der Waals surface area contributed by atoms with Crippen LogP contribution in [-0.2, 0) is 0 Å². The van der Waals surface area contributed by atoms with Crippen LogP contribution in [0.5, 0.6) is 0 Å². The summed E-state index contributed by atoms with van der Waals surface area (Å²) >= 11 is 11.6. The molecule has 4 heteroatoms. The molecule has 0 aliphatic rings. The van der Waals surface area contributed by atoms with Crippen LogP contribution in [0.2, 0.25) is 10.0 Å². The monoisotopic (exact) mass is 303 g/mol. The normalized spacial score (nSPS) is 11.7. The van der Waals surface area contributed by atoms with Crippen LogP contribution in [0.3, 0.4) is 0 Å². The standard InChI is InChI=1S/C16H11Cl2NO/c17-14-5-1-11(2-6-14)13(10-19)9-16(20)12-3-7-15(18)8-4-12/h1-8,13H,9H2/t13-/m1/s1. The van der Waals surface area contributed by atoms with Crippen LogP contribution in [0.4, 0.5) is 0 Å². The summed E-state index contributed by atoms with van der Waals surface area (Å²) in [6.07, 6.45) is 0.139. The minimum absolute atomic E-state index is 0.0804. The Balaban J connectivity index is 2.14. The summed E-state index contributed by atoms with van der Waals surface area (Å²) in [5.74, 6) is -0.557. The maximum absolute atomic E-state index is 12.1. The molecule has 20 heavy (non-hydrogen) atoms. The van der Waals surface area contributed by atoms with Gasteiger partial charge in [-0.1, -0.05) is 35.3 Å². The van der Waals surface area contributed by atoms with E-state index in [1.54, 1.807) is 48.5 Å². The smallest absolute Gasteiger partial charge is 0.164 e. The van der Waals surface area contributed by atoms with Crippen molar-refractivity contribution in [2.75, 3.05) is 0 Å². The van der Waals surface area contributed by atoms with Crippen molar-refractivity contribution < 1.29 is 4.79 Å². The first-order valence-electron chi connectivity index (χ1n) is 6.04. The molecule has 0 N–H and O–H groups in total. The summed E-state index contributed by atoms with van der Waals surface area (Å²) in [4.78, 5) is 12.1. The van der Waals surface area contributed by atoms with Gasteiger partial charge in [-0.05, 0) is 42.0 Å². The number of hydrogen-bond donors (Lipinski definition) is 0. The summed E-state index contributed by atoms with van der Waals surface area (Å²) in [7, 11) is 0. The molecule has 2 rings (SSSR count). The van der Waals surface area contributed by atoms with Crippen LogP contribution >= 0.6 is 23.2 Å². The number of ketones is 1. The van der Waals surface area contributed by atoms with Crippen LogP contribution in [0, 0.1) is 11.3 Å². The van der Waals surface area contributed by atoms with E-state index < -0.39 is 5.92 Å². The van der Waals surface area contributed by atoms with E-state index in [4.69, 9.17) is 23.2 Å². The molecule has 2 nitrogen and oxygen atoms in total. The average Bonchev–Trinajstić information content (AvgIpc) is 2.46. The predicted molar refractivity (Wildman–Crippen MR) is 80.2 cm³/mol. The Morgan fingerprint density at radius 3 is 2.00 bits per heavy atom. The fourth-order valence-electron chi connectivity index (χ4n) is 1.87. The Morgan fingerprint density at radius 1 is 1.00 bits per heavy atom. The van der Waals surface area contributed by atoms with E-state index in [0.29, 0.717) is 15.6 Å². The number of nitrogens with zero attached hydrogens (tertiary/aromatic N) is 1. The second-order valence-corrected chi connectivity index (χ2v) is 5.24. The van der Waals surface area contributed by atoms with Gasteiger partial charge in [0.2, 0.25) is 0 Å². The number of hydrogen-bond acceptors (Lipinski definition) is 2. The van der Waals surface area contributed by atoms with Crippen molar-refractivity contribution in [3.63, 3.8) is 0 Å². The van der Waals surface area contributed by atoms with Crippen molar-refractivity contribution in [2.24, 2.45) is 0 Å². The third-order valence-corrected chi connectivity index (χ3v) is 3.49. The van der Waals surface area contributed by atoms with Gasteiger partial charge in [-0.3, -0.25) is 4.79 Å². The van der Waals surface area contributed by atoms with E-state index in [1.807, 2.05) is 0 Å². The molecular formula is C16H11Cl2NO. The van der Waals surface area contributed by atoms with Gasteiger partial charge >= 0.3 is 0 Å². The van der Waals surface area contributed by atoms with Crippen molar-refractivity contribution in [1.29, 1.82) is 5.26 Å². The molecule has 0 unspecified atom stereocenters. The zero-order valence-corrected chi connectivity index (χ0v) is 12.0. The highest BCUT2D eigenvalue weighted by Crippen LogP contribution is 2.23. The van der Waals surface area contributed by atoms with E-state index in [0.717, 1.165) is 5.56 Å². The number of carbonyl (C=O) groups is 1. The Bertz CT molecular complexity index is 642. The van der Waals surface area contributed by atoms with E-state index >= 15 is 0 Å². The highest BCUT2D eigenvalue weighted by atomic mass is 35.5. The first-order chi connectivity index (χ1) is 9.60. The van der Waals surface area contributed by atoms with E-state index in [9.17, 15) is 10.1 Å². The van der Waals surface area contributed by atoms with Crippen molar-refractivity contribution in [2.45, 2.75) is 12.3 Å². The molecule has 0 amide bonds. The molecule has 2 aromatic rings. The van der Waals surface area contributed by atoms with Crippen LogP contribution in [0.25, 0.3) is 0 Å². The second kappa shape index (κ2) is 6.56. The van der Waals surface area contributed by atoms with Gasteiger partial charge in [0.1, 0.15) is 0 Å². The first kappa shape index (κ1) is 14.6. The Labute approximate surface area is 127 Å². The highest BCUT2D eigenvalue weighted by Gasteiger charge is 2.16. The second-order valence-electron chi connectivity index (χ2n) is 4.37. The molecule has 0 heterocycles. The van der Waals surface area contributed by atoms with Crippen molar-refractivity contribution in [1.82, 2.24) is 0 Å². The molecule has 0 radical (unpaired) electrons. The quantitative estimate of drug-likeness (QED) is 0.756. The van der Waals surface area contributed by atoms with Crippen LogP contribution in [-0.4, -0.2) is 5.78 Å². The summed E-state index contributed by atoms with van der Waals surface area (Å²) in [5, 5.41) is 10.4. The molecule has 0 saturated carbocycles. The number of halogens is 2. The Hall–Kier alpha value is -1.82. The summed E-state index contributed by atoms with van der Waals surface area (Å²) < 4.78 is 0. The van der Waals surface area contributed by atoms with Crippen molar-refractivity contribution in [3.8, 4) is 6.07 Å².